The van der Waals surface area contributed by atoms with Gasteiger partial charge in [-0.3, -0.25) is 0 Å². The fourth-order valence-corrected chi connectivity index (χ4v) is 3.00. The molecule has 2 aromatic heterocycles. The van der Waals surface area contributed by atoms with E-state index in [-0.39, 0.29) is 0 Å². The van der Waals surface area contributed by atoms with Crippen LogP contribution in [0.1, 0.15) is 5.69 Å². The molecule has 0 N–H and O–H groups in total. The number of thioether (sulfide) groups is 1. The van der Waals surface area contributed by atoms with Crippen molar-refractivity contribution in [2.75, 3.05) is 0 Å². The molecule has 0 aliphatic carbocycles. The number of benzene rings is 2. The van der Waals surface area contributed by atoms with Crippen molar-refractivity contribution in [3.8, 4) is 22.8 Å². The highest BCUT2D eigenvalue weighted by Crippen LogP contribution is 2.27. The highest BCUT2D eigenvalue weighted by atomic mass is 35.5. The van der Waals surface area contributed by atoms with Crippen molar-refractivity contribution in [3.05, 3.63) is 71.4 Å². The van der Waals surface area contributed by atoms with Crippen LogP contribution in [-0.4, -0.2) is 15.4 Å². The van der Waals surface area contributed by atoms with Gasteiger partial charge in [-0.2, -0.15) is 0 Å². The molecule has 4 rings (SSSR count). The summed E-state index contributed by atoms with van der Waals surface area (Å²) in [5.74, 6) is 1.78. The Morgan fingerprint density at radius 3 is 2.52 bits per heavy atom. The van der Waals surface area contributed by atoms with Crippen LogP contribution in [0.3, 0.4) is 0 Å². The predicted octanol–water partition coefficient (Wildman–Crippen LogP) is 5.34. The first kappa shape index (κ1) is 15.9. The molecule has 0 radical (unpaired) electrons. The largest absolute Gasteiger partial charge is 0.411 e. The molecule has 0 aliphatic rings. The second-order valence-corrected chi connectivity index (χ2v) is 6.58. The zero-order valence-electron chi connectivity index (χ0n) is 12.9. The van der Waals surface area contributed by atoms with Gasteiger partial charge in [0, 0.05) is 28.0 Å². The van der Waals surface area contributed by atoms with Crippen molar-refractivity contribution in [1.29, 1.82) is 0 Å². The molecule has 0 amide bonds. The van der Waals surface area contributed by atoms with Crippen molar-refractivity contribution in [3.63, 3.8) is 0 Å². The summed E-state index contributed by atoms with van der Waals surface area (Å²) >= 11 is 7.29. The van der Waals surface area contributed by atoms with Gasteiger partial charge in [-0.05, 0) is 24.3 Å². The number of hydrogen-bond acceptors (Lipinski definition) is 6. The normalized spacial score (nSPS) is 10.9. The highest BCUT2D eigenvalue weighted by molar-refractivity contribution is 7.98. The lowest BCUT2D eigenvalue weighted by molar-refractivity contribution is 0.426. The minimum Gasteiger partial charge on any atom is -0.411 e. The Balaban J connectivity index is 1.42. The Hall–Kier alpha value is -2.57. The number of halogens is 1. The summed E-state index contributed by atoms with van der Waals surface area (Å²) in [5.41, 5.74) is 2.64. The number of rotatable bonds is 5. The lowest BCUT2D eigenvalue weighted by Gasteiger charge is -1.94. The maximum atomic E-state index is 5.88. The zero-order chi connectivity index (χ0) is 17.1. The molecule has 5 nitrogen and oxygen atoms in total. The molecule has 0 saturated carbocycles. The first-order valence-electron chi connectivity index (χ1n) is 7.51. The van der Waals surface area contributed by atoms with Crippen LogP contribution < -0.4 is 0 Å². The maximum absolute atomic E-state index is 5.88. The molecule has 7 heteroatoms. The molecule has 2 aromatic carbocycles. The summed E-state index contributed by atoms with van der Waals surface area (Å²) in [7, 11) is 0. The molecular weight excluding hydrogens is 358 g/mol. The molecule has 0 spiro atoms. The van der Waals surface area contributed by atoms with E-state index in [4.69, 9.17) is 20.5 Å². The third-order valence-corrected chi connectivity index (χ3v) is 4.56. The second-order valence-electron chi connectivity index (χ2n) is 5.22. The molecule has 0 unspecified atom stereocenters. The molecule has 0 atom stereocenters. The van der Waals surface area contributed by atoms with Crippen LogP contribution in [0.2, 0.25) is 5.02 Å². The van der Waals surface area contributed by atoms with Crippen molar-refractivity contribution < 1.29 is 8.94 Å². The number of hydrogen-bond donors (Lipinski definition) is 0. The summed E-state index contributed by atoms with van der Waals surface area (Å²) in [6.45, 7) is 0. The van der Waals surface area contributed by atoms with E-state index in [1.807, 2.05) is 48.5 Å². The zero-order valence-corrected chi connectivity index (χ0v) is 14.5. The van der Waals surface area contributed by atoms with E-state index in [1.54, 1.807) is 12.1 Å². The summed E-state index contributed by atoms with van der Waals surface area (Å²) < 4.78 is 11.0. The standard InChI is InChI=1S/C18H12ClN3O2S/c19-14-8-6-13(7-9-14)17-20-21-18(23-17)25-11-15-10-16(24-22-15)12-4-2-1-3-5-12/h1-10H,11H2. The van der Waals surface area contributed by atoms with E-state index in [2.05, 4.69) is 15.4 Å². The second kappa shape index (κ2) is 7.13. The Labute approximate surface area is 153 Å². The van der Waals surface area contributed by atoms with Gasteiger partial charge in [0.15, 0.2) is 5.76 Å². The van der Waals surface area contributed by atoms with E-state index >= 15 is 0 Å². The van der Waals surface area contributed by atoms with Crippen LogP contribution in [0.4, 0.5) is 0 Å². The van der Waals surface area contributed by atoms with Crippen molar-refractivity contribution in [2.24, 2.45) is 0 Å². The molecular formula is C18H12ClN3O2S. The third-order valence-electron chi connectivity index (χ3n) is 3.46. The quantitative estimate of drug-likeness (QED) is 0.442. The smallest absolute Gasteiger partial charge is 0.277 e. The molecule has 0 saturated heterocycles. The van der Waals surface area contributed by atoms with Gasteiger partial charge in [-0.15, -0.1) is 10.2 Å². The average Bonchev–Trinajstić information content (AvgIpc) is 3.31. The molecule has 0 fully saturated rings. The fourth-order valence-electron chi connectivity index (χ4n) is 2.23. The van der Waals surface area contributed by atoms with E-state index in [9.17, 15) is 0 Å². The van der Waals surface area contributed by atoms with Gasteiger partial charge in [0.2, 0.25) is 5.89 Å². The lowest BCUT2D eigenvalue weighted by atomic mass is 10.2. The van der Waals surface area contributed by atoms with Gasteiger partial charge in [0.25, 0.3) is 5.22 Å². The lowest BCUT2D eigenvalue weighted by Crippen LogP contribution is -1.79. The first-order valence-corrected chi connectivity index (χ1v) is 8.87. The molecule has 4 aromatic rings. The topological polar surface area (TPSA) is 65.0 Å². The van der Waals surface area contributed by atoms with Crippen LogP contribution in [0, 0.1) is 0 Å². The Morgan fingerprint density at radius 2 is 1.72 bits per heavy atom. The Morgan fingerprint density at radius 1 is 0.920 bits per heavy atom. The Kier molecular flexibility index (Phi) is 4.54. The molecule has 124 valence electrons. The molecule has 0 aliphatic heterocycles. The van der Waals surface area contributed by atoms with E-state index < -0.39 is 0 Å². The summed E-state index contributed by atoms with van der Waals surface area (Å²) in [5, 5.41) is 13.3. The summed E-state index contributed by atoms with van der Waals surface area (Å²) in [6.07, 6.45) is 0. The van der Waals surface area contributed by atoms with Crippen LogP contribution in [0.25, 0.3) is 22.8 Å². The SMILES string of the molecule is Clc1ccc(-c2nnc(SCc3cc(-c4ccccc4)on3)o2)cc1. The van der Waals surface area contributed by atoms with Gasteiger partial charge >= 0.3 is 0 Å². The Bertz CT molecular complexity index is 967. The average molecular weight is 370 g/mol. The summed E-state index contributed by atoms with van der Waals surface area (Å²) in [6, 6.07) is 19.0. The van der Waals surface area contributed by atoms with Crippen molar-refractivity contribution in [1.82, 2.24) is 15.4 Å². The minimum absolute atomic E-state index is 0.462. The predicted molar refractivity (Wildman–Crippen MR) is 96.2 cm³/mol. The number of aromatic nitrogens is 3. The highest BCUT2D eigenvalue weighted by Gasteiger charge is 2.11. The summed E-state index contributed by atoms with van der Waals surface area (Å²) in [4.78, 5) is 0. The van der Waals surface area contributed by atoms with E-state index in [0.717, 1.165) is 22.6 Å². The van der Waals surface area contributed by atoms with Gasteiger partial charge in [0.05, 0.1) is 5.69 Å². The van der Waals surface area contributed by atoms with Crippen molar-refractivity contribution in [2.45, 2.75) is 11.0 Å². The van der Waals surface area contributed by atoms with Crippen LogP contribution in [0.5, 0.6) is 0 Å². The maximum Gasteiger partial charge on any atom is 0.277 e. The molecule has 2 heterocycles. The van der Waals surface area contributed by atoms with Gasteiger partial charge in [-0.1, -0.05) is 58.9 Å². The van der Waals surface area contributed by atoms with Crippen LogP contribution in [0.15, 0.2) is 74.8 Å². The van der Waals surface area contributed by atoms with Crippen LogP contribution in [-0.2, 0) is 5.75 Å². The van der Waals surface area contributed by atoms with Crippen LogP contribution >= 0.6 is 23.4 Å². The van der Waals surface area contributed by atoms with Gasteiger partial charge in [-0.25, -0.2) is 0 Å². The fraction of sp³-hybridized carbons (Fsp3) is 0.0556. The van der Waals surface area contributed by atoms with E-state index in [0.29, 0.717) is 21.9 Å². The molecule has 0 bridgehead atoms. The van der Waals surface area contributed by atoms with Gasteiger partial charge < -0.3 is 8.94 Å². The van der Waals surface area contributed by atoms with Crippen molar-refractivity contribution >= 4 is 23.4 Å². The molecule has 25 heavy (non-hydrogen) atoms. The van der Waals surface area contributed by atoms with E-state index in [1.165, 1.54) is 11.8 Å². The number of nitrogens with zero attached hydrogens (tertiary/aromatic N) is 3. The monoisotopic (exact) mass is 369 g/mol. The first-order chi connectivity index (χ1) is 12.3. The minimum atomic E-state index is 0.462. The third kappa shape index (κ3) is 3.75. The van der Waals surface area contributed by atoms with Gasteiger partial charge in [0.1, 0.15) is 0 Å².